The van der Waals surface area contributed by atoms with Crippen molar-refractivity contribution in [2.24, 2.45) is 0 Å². The maximum atomic E-state index is 13.5. The van der Waals surface area contributed by atoms with E-state index in [-0.39, 0.29) is 11.7 Å². The van der Waals surface area contributed by atoms with Crippen LogP contribution in [0.3, 0.4) is 0 Å². The van der Waals surface area contributed by atoms with Crippen LogP contribution in [0.25, 0.3) is 0 Å². The first-order valence-electron chi connectivity index (χ1n) is 5.82. The molecule has 7 heteroatoms. The fourth-order valence-electron chi connectivity index (χ4n) is 1.56. The van der Waals surface area contributed by atoms with Gasteiger partial charge in [-0.25, -0.2) is 13.2 Å². The van der Waals surface area contributed by atoms with Gasteiger partial charge in [-0.1, -0.05) is 0 Å². The second kappa shape index (κ2) is 5.68. The molecular weight excluding hydrogens is 271 g/mol. The SMILES string of the molecule is CCOc1nc(Nc2c(F)cc(F)cc2F)ccc1N. The summed E-state index contributed by atoms with van der Waals surface area (Å²) in [4.78, 5) is 3.98. The number of nitrogens with zero attached hydrogens (tertiary/aromatic N) is 1. The van der Waals surface area contributed by atoms with Gasteiger partial charge in [0.25, 0.3) is 0 Å². The minimum atomic E-state index is -1.06. The Morgan fingerprint density at radius 1 is 1.20 bits per heavy atom. The number of pyridine rings is 1. The van der Waals surface area contributed by atoms with Crippen LogP contribution in [0.4, 0.5) is 30.4 Å². The normalized spacial score (nSPS) is 10.4. The number of benzene rings is 1. The highest BCUT2D eigenvalue weighted by molar-refractivity contribution is 5.61. The van der Waals surface area contributed by atoms with Gasteiger partial charge in [-0.3, -0.25) is 0 Å². The van der Waals surface area contributed by atoms with E-state index >= 15 is 0 Å². The van der Waals surface area contributed by atoms with E-state index in [1.807, 2.05) is 0 Å². The molecule has 0 aliphatic carbocycles. The van der Waals surface area contributed by atoms with Crippen molar-refractivity contribution in [1.82, 2.24) is 4.98 Å². The van der Waals surface area contributed by atoms with E-state index in [0.29, 0.717) is 24.4 Å². The van der Waals surface area contributed by atoms with Crippen LogP contribution in [0.2, 0.25) is 0 Å². The van der Waals surface area contributed by atoms with Crippen molar-refractivity contribution in [2.75, 3.05) is 17.7 Å². The van der Waals surface area contributed by atoms with Gasteiger partial charge < -0.3 is 15.8 Å². The minimum Gasteiger partial charge on any atom is -0.476 e. The highest BCUT2D eigenvalue weighted by Crippen LogP contribution is 2.26. The molecule has 0 fully saturated rings. The van der Waals surface area contributed by atoms with Gasteiger partial charge in [-0.15, -0.1) is 0 Å². The zero-order valence-corrected chi connectivity index (χ0v) is 10.6. The number of nitrogen functional groups attached to an aromatic ring is 1. The Kier molecular flexibility index (Phi) is 3.97. The molecule has 0 aliphatic rings. The lowest BCUT2D eigenvalue weighted by atomic mass is 10.2. The highest BCUT2D eigenvalue weighted by atomic mass is 19.1. The molecule has 0 aliphatic heterocycles. The molecule has 106 valence electrons. The number of anilines is 3. The maximum absolute atomic E-state index is 13.5. The summed E-state index contributed by atoms with van der Waals surface area (Å²) in [5, 5.41) is 2.43. The van der Waals surface area contributed by atoms with E-state index < -0.39 is 23.1 Å². The first kappa shape index (κ1) is 14.0. The fourth-order valence-corrected chi connectivity index (χ4v) is 1.56. The van der Waals surface area contributed by atoms with Crippen LogP contribution in [-0.4, -0.2) is 11.6 Å². The summed E-state index contributed by atoms with van der Waals surface area (Å²) >= 11 is 0. The number of hydrogen-bond donors (Lipinski definition) is 2. The Hall–Kier alpha value is -2.44. The van der Waals surface area contributed by atoms with Crippen molar-refractivity contribution in [3.63, 3.8) is 0 Å². The van der Waals surface area contributed by atoms with Crippen molar-refractivity contribution in [2.45, 2.75) is 6.92 Å². The predicted octanol–water partition coefficient (Wildman–Crippen LogP) is 3.22. The maximum Gasteiger partial charge on any atom is 0.239 e. The first-order chi connectivity index (χ1) is 9.51. The molecule has 0 unspecified atom stereocenters. The quantitative estimate of drug-likeness (QED) is 0.904. The summed E-state index contributed by atoms with van der Waals surface area (Å²) in [6, 6.07) is 4.07. The molecule has 20 heavy (non-hydrogen) atoms. The predicted molar refractivity (Wildman–Crippen MR) is 69.4 cm³/mol. The third-order valence-electron chi connectivity index (χ3n) is 2.43. The van der Waals surface area contributed by atoms with Crippen LogP contribution in [-0.2, 0) is 0 Å². The van der Waals surface area contributed by atoms with Gasteiger partial charge in [0.1, 0.15) is 17.3 Å². The third kappa shape index (κ3) is 2.93. The average molecular weight is 283 g/mol. The molecule has 0 bridgehead atoms. The summed E-state index contributed by atoms with van der Waals surface area (Å²) < 4.78 is 45.0. The second-order valence-corrected chi connectivity index (χ2v) is 3.89. The van der Waals surface area contributed by atoms with Crippen LogP contribution in [0.1, 0.15) is 6.92 Å². The Bertz CT molecular complexity index is 611. The van der Waals surface area contributed by atoms with Gasteiger partial charge in [0.2, 0.25) is 5.88 Å². The van der Waals surface area contributed by atoms with Gasteiger partial charge in [0.15, 0.2) is 11.6 Å². The standard InChI is InChI=1S/C13H12F3N3O/c1-2-20-13-10(17)3-4-11(19-13)18-12-8(15)5-7(14)6-9(12)16/h3-6H,2,17H2,1H3,(H,18,19). The summed E-state index contributed by atoms with van der Waals surface area (Å²) in [6.07, 6.45) is 0. The third-order valence-corrected chi connectivity index (χ3v) is 2.43. The molecule has 2 aromatic rings. The summed E-state index contributed by atoms with van der Waals surface area (Å²) in [5.74, 6) is -2.82. The fraction of sp³-hybridized carbons (Fsp3) is 0.154. The number of aromatic nitrogens is 1. The van der Waals surface area contributed by atoms with Crippen LogP contribution < -0.4 is 15.8 Å². The molecule has 0 spiro atoms. The average Bonchev–Trinajstić information content (AvgIpc) is 2.37. The molecule has 0 amide bonds. The highest BCUT2D eigenvalue weighted by Gasteiger charge is 2.13. The molecule has 3 N–H and O–H groups in total. The Morgan fingerprint density at radius 2 is 1.85 bits per heavy atom. The lowest BCUT2D eigenvalue weighted by Crippen LogP contribution is -2.04. The zero-order chi connectivity index (χ0) is 14.7. The van der Waals surface area contributed by atoms with E-state index in [1.54, 1.807) is 6.92 Å². The number of nitrogens with one attached hydrogen (secondary N) is 1. The van der Waals surface area contributed by atoms with Crippen molar-refractivity contribution in [1.29, 1.82) is 0 Å². The van der Waals surface area contributed by atoms with Gasteiger partial charge in [0, 0.05) is 12.1 Å². The van der Waals surface area contributed by atoms with Crippen LogP contribution >= 0.6 is 0 Å². The van der Waals surface area contributed by atoms with E-state index in [2.05, 4.69) is 10.3 Å². The van der Waals surface area contributed by atoms with Crippen molar-refractivity contribution in [3.05, 3.63) is 41.7 Å². The van der Waals surface area contributed by atoms with E-state index in [4.69, 9.17) is 10.5 Å². The van der Waals surface area contributed by atoms with E-state index in [0.717, 1.165) is 0 Å². The van der Waals surface area contributed by atoms with Crippen LogP contribution in [0.15, 0.2) is 24.3 Å². The minimum absolute atomic E-state index is 0.132. The van der Waals surface area contributed by atoms with Crippen LogP contribution in [0, 0.1) is 17.5 Å². The first-order valence-corrected chi connectivity index (χ1v) is 5.82. The number of rotatable bonds is 4. The number of ether oxygens (including phenoxy) is 1. The lowest BCUT2D eigenvalue weighted by molar-refractivity contribution is 0.329. The van der Waals surface area contributed by atoms with Crippen molar-refractivity contribution in [3.8, 4) is 5.88 Å². The van der Waals surface area contributed by atoms with Crippen molar-refractivity contribution >= 4 is 17.2 Å². The number of halogens is 3. The van der Waals surface area contributed by atoms with E-state index in [9.17, 15) is 13.2 Å². The molecule has 1 aromatic carbocycles. The Labute approximate surface area is 113 Å². The zero-order valence-electron chi connectivity index (χ0n) is 10.6. The molecule has 1 heterocycles. The molecule has 4 nitrogen and oxygen atoms in total. The van der Waals surface area contributed by atoms with Crippen LogP contribution in [0.5, 0.6) is 5.88 Å². The van der Waals surface area contributed by atoms with E-state index in [1.165, 1.54) is 12.1 Å². The number of hydrogen-bond acceptors (Lipinski definition) is 4. The summed E-state index contributed by atoms with van der Waals surface area (Å²) in [6.45, 7) is 2.10. The molecule has 0 radical (unpaired) electrons. The smallest absolute Gasteiger partial charge is 0.239 e. The molecule has 0 saturated carbocycles. The Balaban J connectivity index is 2.33. The molecule has 0 atom stereocenters. The van der Waals surface area contributed by atoms with Crippen molar-refractivity contribution < 1.29 is 17.9 Å². The topological polar surface area (TPSA) is 60.2 Å². The lowest BCUT2D eigenvalue weighted by Gasteiger charge is -2.11. The van der Waals surface area contributed by atoms with Gasteiger partial charge in [-0.2, -0.15) is 4.98 Å². The van der Waals surface area contributed by atoms with Gasteiger partial charge in [-0.05, 0) is 19.1 Å². The largest absolute Gasteiger partial charge is 0.476 e. The van der Waals surface area contributed by atoms with Gasteiger partial charge in [0.05, 0.1) is 12.3 Å². The molecule has 1 aromatic heterocycles. The number of nitrogens with two attached hydrogens (primary N) is 1. The molecule has 2 rings (SSSR count). The monoisotopic (exact) mass is 283 g/mol. The molecule has 0 saturated heterocycles. The Morgan fingerprint density at radius 3 is 2.45 bits per heavy atom. The second-order valence-electron chi connectivity index (χ2n) is 3.89. The summed E-state index contributed by atoms with van der Waals surface area (Å²) in [5.41, 5.74) is 5.44. The van der Waals surface area contributed by atoms with Gasteiger partial charge >= 0.3 is 0 Å². The summed E-state index contributed by atoms with van der Waals surface area (Å²) in [7, 11) is 0. The molecular formula is C13H12F3N3O.